The van der Waals surface area contributed by atoms with Gasteiger partial charge in [-0.25, -0.2) is 0 Å². The lowest BCUT2D eigenvalue weighted by Gasteiger charge is -2.20. The monoisotopic (exact) mass is 298 g/mol. The fourth-order valence-corrected chi connectivity index (χ4v) is 2.10. The third-order valence-corrected chi connectivity index (χ3v) is 3.25. The molecule has 20 heavy (non-hydrogen) atoms. The molecule has 0 aliphatic heterocycles. The number of carboxylic acid groups (broad SMARTS) is 1. The molecule has 8 heteroatoms. The van der Waals surface area contributed by atoms with Crippen molar-refractivity contribution in [1.29, 1.82) is 0 Å². The van der Waals surface area contributed by atoms with E-state index in [0.29, 0.717) is 0 Å². The van der Waals surface area contributed by atoms with Gasteiger partial charge in [0.1, 0.15) is 11.6 Å². The number of amides is 1. The first-order valence-corrected chi connectivity index (χ1v) is 6.24. The summed E-state index contributed by atoms with van der Waals surface area (Å²) in [5, 5.41) is 19.3. The first kappa shape index (κ1) is 14.3. The SMILES string of the molecule is O=C(O)CN(C(=O)c1ccc([N+](=O)[O-])c(Cl)c1)C1CC1. The van der Waals surface area contributed by atoms with Gasteiger partial charge in [-0.3, -0.25) is 19.7 Å². The highest BCUT2D eigenvalue weighted by Gasteiger charge is 2.34. The molecule has 2 rings (SSSR count). The molecule has 0 aromatic heterocycles. The summed E-state index contributed by atoms with van der Waals surface area (Å²) >= 11 is 5.75. The van der Waals surface area contributed by atoms with E-state index >= 15 is 0 Å². The fourth-order valence-electron chi connectivity index (χ4n) is 1.85. The van der Waals surface area contributed by atoms with Crippen LogP contribution in [0.25, 0.3) is 0 Å². The molecule has 1 saturated carbocycles. The fraction of sp³-hybridized carbons (Fsp3) is 0.333. The number of carbonyl (C=O) groups excluding carboxylic acids is 1. The number of nitro groups is 1. The standard InChI is InChI=1S/C12H11ClN2O5/c13-9-5-7(1-4-10(9)15(19)20)12(18)14(6-11(16)17)8-2-3-8/h1,4-5,8H,2-3,6H2,(H,16,17). The van der Waals surface area contributed by atoms with Crippen molar-refractivity contribution in [3.8, 4) is 0 Å². The highest BCUT2D eigenvalue weighted by molar-refractivity contribution is 6.33. The normalized spacial score (nSPS) is 13.8. The van der Waals surface area contributed by atoms with Gasteiger partial charge in [0.15, 0.2) is 0 Å². The molecule has 7 nitrogen and oxygen atoms in total. The number of rotatable bonds is 5. The zero-order valence-electron chi connectivity index (χ0n) is 10.3. The third-order valence-electron chi connectivity index (χ3n) is 2.95. The molecule has 1 aromatic carbocycles. The van der Waals surface area contributed by atoms with Crippen molar-refractivity contribution in [3.63, 3.8) is 0 Å². The van der Waals surface area contributed by atoms with Crippen molar-refractivity contribution in [1.82, 2.24) is 4.90 Å². The Labute approximate surface area is 118 Å². The lowest BCUT2D eigenvalue weighted by Crippen LogP contribution is -2.37. The second-order valence-electron chi connectivity index (χ2n) is 4.48. The Hall–Kier alpha value is -2.15. The molecule has 0 spiro atoms. The highest BCUT2D eigenvalue weighted by atomic mass is 35.5. The summed E-state index contributed by atoms with van der Waals surface area (Å²) in [6.45, 7) is -0.391. The molecule has 0 bridgehead atoms. The Bertz CT molecular complexity index is 585. The third kappa shape index (κ3) is 3.05. The van der Waals surface area contributed by atoms with Gasteiger partial charge in [-0.15, -0.1) is 0 Å². The summed E-state index contributed by atoms with van der Waals surface area (Å²) in [7, 11) is 0. The number of aliphatic carboxylic acids is 1. The lowest BCUT2D eigenvalue weighted by atomic mass is 10.1. The number of carbonyl (C=O) groups is 2. The molecule has 0 atom stereocenters. The van der Waals surface area contributed by atoms with E-state index in [0.717, 1.165) is 18.9 Å². The van der Waals surface area contributed by atoms with Gasteiger partial charge in [0.05, 0.1) is 4.92 Å². The number of nitro benzene ring substituents is 1. The van der Waals surface area contributed by atoms with Crippen LogP contribution in [-0.4, -0.2) is 39.4 Å². The summed E-state index contributed by atoms with van der Waals surface area (Å²) in [5.41, 5.74) is -0.145. The topological polar surface area (TPSA) is 101 Å². The molecule has 0 radical (unpaired) electrons. The summed E-state index contributed by atoms with van der Waals surface area (Å²) in [6.07, 6.45) is 1.53. The van der Waals surface area contributed by atoms with Crippen LogP contribution in [0.3, 0.4) is 0 Å². The average Bonchev–Trinajstić information content (AvgIpc) is 3.18. The molecule has 1 fully saturated rings. The first-order chi connectivity index (χ1) is 9.40. The Morgan fingerprint density at radius 3 is 2.55 bits per heavy atom. The second-order valence-corrected chi connectivity index (χ2v) is 4.89. The number of hydrogen-bond donors (Lipinski definition) is 1. The van der Waals surface area contributed by atoms with Crippen molar-refractivity contribution in [2.45, 2.75) is 18.9 Å². The van der Waals surface area contributed by atoms with Gasteiger partial charge in [-0.05, 0) is 25.0 Å². The Morgan fingerprint density at radius 2 is 2.10 bits per heavy atom. The number of halogens is 1. The molecule has 1 aromatic rings. The Kier molecular flexibility index (Phi) is 3.89. The predicted molar refractivity (Wildman–Crippen MR) is 69.8 cm³/mol. The van der Waals surface area contributed by atoms with Crippen molar-refractivity contribution >= 4 is 29.2 Å². The van der Waals surface area contributed by atoms with E-state index in [2.05, 4.69) is 0 Å². The average molecular weight is 299 g/mol. The molecule has 0 heterocycles. The van der Waals surface area contributed by atoms with Gasteiger partial charge >= 0.3 is 5.97 Å². The molecule has 0 unspecified atom stereocenters. The maximum absolute atomic E-state index is 12.2. The summed E-state index contributed by atoms with van der Waals surface area (Å²) in [4.78, 5) is 34.3. The van der Waals surface area contributed by atoms with Crippen molar-refractivity contribution in [2.24, 2.45) is 0 Å². The largest absolute Gasteiger partial charge is 0.480 e. The minimum atomic E-state index is -1.10. The first-order valence-electron chi connectivity index (χ1n) is 5.87. The van der Waals surface area contributed by atoms with Gasteiger partial charge in [0.25, 0.3) is 11.6 Å². The minimum absolute atomic E-state index is 0.0763. The van der Waals surface area contributed by atoms with Crippen molar-refractivity contribution in [2.75, 3.05) is 6.54 Å². The van der Waals surface area contributed by atoms with E-state index in [1.54, 1.807) is 0 Å². The summed E-state index contributed by atoms with van der Waals surface area (Å²) in [5.74, 6) is -1.58. The summed E-state index contributed by atoms with van der Waals surface area (Å²) < 4.78 is 0. The number of carboxylic acids is 1. The molecule has 1 N–H and O–H groups in total. The Balaban J connectivity index is 2.25. The van der Waals surface area contributed by atoms with Gasteiger partial charge < -0.3 is 10.0 Å². The van der Waals surface area contributed by atoms with Crippen molar-refractivity contribution in [3.05, 3.63) is 38.9 Å². The number of benzene rings is 1. The zero-order valence-corrected chi connectivity index (χ0v) is 11.0. The molecular weight excluding hydrogens is 288 g/mol. The summed E-state index contributed by atoms with van der Waals surface area (Å²) in [6, 6.07) is 3.54. The van der Waals surface area contributed by atoms with Gasteiger partial charge in [-0.2, -0.15) is 0 Å². The van der Waals surface area contributed by atoms with Crippen LogP contribution in [0.5, 0.6) is 0 Å². The van der Waals surface area contributed by atoms with Crippen LogP contribution in [0.15, 0.2) is 18.2 Å². The van der Waals surface area contributed by atoms with E-state index in [1.165, 1.54) is 17.0 Å². The van der Waals surface area contributed by atoms with E-state index in [9.17, 15) is 19.7 Å². The van der Waals surface area contributed by atoms with Gasteiger partial charge in [0, 0.05) is 17.7 Å². The van der Waals surface area contributed by atoms with Crippen LogP contribution in [0.1, 0.15) is 23.2 Å². The van der Waals surface area contributed by atoms with Crippen LogP contribution < -0.4 is 0 Å². The molecule has 0 saturated heterocycles. The zero-order chi connectivity index (χ0) is 14.9. The smallest absolute Gasteiger partial charge is 0.323 e. The molecule has 1 amide bonds. The predicted octanol–water partition coefficient (Wildman–Crippen LogP) is 1.94. The van der Waals surface area contributed by atoms with Crippen LogP contribution in [-0.2, 0) is 4.79 Å². The molecule has 1 aliphatic carbocycles. The van der Waals surface area contributed by atoms with Crippen LogP contribution in [0.2, 0.25) is 5.02 Å². The van der Waals surface area contributed by atoms with Gasteiger partial charge in [-0.1, -0.05) is 11.6 Å². The maximum Gasteiger partial charge on any atom is 0.323 e. The van der Waals surface area contributed by atoms with Gasteiger partial charge in [0.2, 0.25) is 0 Å². The maximum atomic E-state index is 12.2. The quantitative estimate of drug-likeness (QED) is 0.661. The van der Waals surface area contributed by atoms with Crippen LogP contribution in [0, 0.1) is 10.1 Å². The minimum Gasteiger partial charge on any atom is -0.480 e. The van der Waals surface area contributed by atoms with Crippen molar-refractivity contribution < 1.29 is 19.6 Å². The van der Waals surface area contributed by atoms with Crippen LogP contribution in [0.4, 0.5) is 5.69 Å². The van der Waals surface area contributed by atoms with E-state index < -0.39 is 23.3 Å². The van der Waals surface area contributed by atoms with E-state index in [4.69, 9.17) is 16.7 Å². The van der Waals surface area contributed by atoms with E-state index in [-0.39, 0.29) is 22.3 Å². The number of hydrogen-bond acceptors (Lipinski definition) is 4. The Morgan fingerprint density at radius 1 is 1.45 bits per heavy atom. The van der Waals surface area contributed by atoms with E-state index in [1.807, 2.05) is 0 Å². The second kappa shape index (κ2) is 5.46. The lowest BCUT2D eigenvalue weighted by molar-refractivity contribution is -0.384. The molecular formula is C12H11ClN2O5. The molecule has 106 valence electrons. The van der Waals surface area contributed by atoms with Crippen LogP contribution >= 0.6 is 11.6 Å². The number of nitrogens with zero attached hydrogens (tertiary/aromatic N) is 2. The highest BCUT2D eigenvalue weighted by Crippen LogP contribution is 2.30. The molecule has 1 aliphatic rings.